The van der Waals surface area contributed by atoms with Crippen LogP contribution in [0.2, 0.25) is 0 Å². The quantitative estimate of drug-likeness (QED) is 0.783. The maximum atomic E-state index is 6.08. The SMILES string of the molecule is COc1ccc2nc(CCl)n(C3CCCCC3)c2c1. The number of aromatic nitrogens is 2. The molecule has 1 saturated carbocycles. The molecule has 2 aromatic rings. The first-order valence-electron chi connectivity index (χ1n) is 6.94. The van der Waals surface area contributed by atoms with Crippen molar-refractivity contribution in [1.82, 2.24) is 9.55 Å². The molecule has 19 heavy (non-hydrogen) atoms. The van der Waals surface area contributed by atoms with Gasteiger partial charge in [-0.15, -0.1) is 11.6 Å². The average Bonchev–Trinajstić information content (AvgIpc) is 2.85. The first-order chi connectivity index (χ1) is 9.33. The van der Waals surface area contributed by atoms with Gasteiger partial charge in [-0.1, -0.05) is 19.3 Å². The molecular weight excluding hydrogens is 260 g/mol. The van der Waals surface area contributed by atoms with Gasteiger partial charge in [0.2, 0.25) is 0 Å². The average molecular weight is 279 g/mol. The van der Waals surface area contributed by atoms with Crippen LogP contribution in [0.15, 0.2) is 18.2 Å². The number of alkyl halides is 1. The number of ether oxygens (including phenoxy) is 1. The highest BCUT2D eigenvalue weighted by Gasteiger charge is 2.21. The van der Waals surface area contributed by atoms with E-state index in [9.17, 15) is 0 Å². The zero-order valence-corrected chi connectivity index (χ0v) is 12.0. The van der Waals surface area contributed by atoms with Crippen LogP contribution in [0.4, 0.5) is 0 Å². The fourth-order valence-corrected chi connectivity index (χ4v) is 3.28. The second-order valence-corrected chi connectivity index (χ2v) is 5.45. The van der Waals surface area contributed by atoms with Crippen molar-refractivity contribution in [2.45, 2.75) is 44.0 Å². The van der Waals surface area contributed by atoms with Crippen LogP contribution in [-0.4, -0.2) is 16.7 Å². The Morgan fingerprint density at radius 3 is 2.79 bits per heavy atom. The van der Waals surface area contributed by atoms with Crippen molar-refractivity contribution in [3.05, 3.63) is 24.0 Å². The van der Waals surface area contributed by atoms with Crippen molar-refractivity contribution < 1.29 is 4.74 Å². The Kier molecular flexibility index (Phi) is 3.65. The van der Waals surface area contributed by atoms with Gasteiger partial charge in [-0.25, -0.2) is 4.98 Å². The highest BCUT2D eigenvalue weighted by Crippen LogP contribution is 2.34. The Balaban J connectivity index is 2.12. The zero-order valence-electron chi connectivity index (χ0n) is 11.2. The third-order valence-corrected chi connectivity index (χ3v) is 4.27. The Morgan fingerprint density at radius 1 is 1.32 bits per heavy atom. The molecule has 3 nitrogen and oxygen atoms in total. The first-order valence-corrected chi connectivity index (χ1v) is 7.47. The lowest BCUT2D eigenvalue weighted by atomic mass is 9.95. The van der Waals surface area contributed by atoms with Gasteiger partial charge in [0.1, 0.15) is 11.6 Å². The van der Waals surface area contributed by atoms with Crippen LogP contribution in [0.1, 0.15) is 44.0 Å². The number of benzene rings is 1. The van der Waals surface area contributed by atoms with Crippen molar-refractivity contribution in [2.75, 3.05) is 7.11 Å². The molecule has 0 saturated heterocycles. The summed E-state index contributed by atoms with van der Waals surface area (Å²) in [6.45, 7) is 0. The molecule has 1 aliphatic carbocycles. The Bertz CT molecular complexity index is 573. The topological polar surface area (TPSA) is 27.1 Å². The number of methoxy groups -OCH3 is 1. The molecule has 0 bridgehead atoms. The van der Waals surface area contributed by atoms with E-state index in [0.29, 0.717) is 11.9 Å². The van der Waals surface area contributed by atoms with E-state index in [4.69, 9.17) is 16.3 Å². The molecule has 0 radical (unpaired) electrons. The number of nitrogens with zero attached hydrogens (tertiary/aromatic N) is 2. The third kappa shape index (κ3) is 2.32. The summed E-state index contributed by atoms with van der Waals surface area (Å²) in [6.07, 6.45) is 6.41. The van der Waals surface area contributed by atoms with Gasteiger partial charge in [0.15, 0.2) is 0 Å². The molecule has 0 unspecified atom stereocenters. The molecule has 0 aliphatic heterocycles. The van der Waals surface area contributed by atoms with Crippen LogP contribution >= 0.6 is 11.6 Å². The minimum Gasteiger partial charge on any atom is -0.497 e. The van der Waals surface area contributed by atoms with Gasteiger partial charge in [-0.05, 0) is 25.0 Å². The van der Waals surface area contributed by atoms with Crippen molar-refractivity contribution >= 4 is 22.6 Å². The van der Waals surface area contributed by atoms with Crippen LogP contribution in [0.5, 0.6) is 5.75 Å². The van der Waals surface area contributed by atoms with Gasteiger partial charge in [-0.3, -0.25) is 0 Å². The van der Waals surface area contributed by atoms with E-state index in [1.807, 2.05) is 12.1 Å². The monoisotopic (exact) mass is 278 g/mol. The molecule has 0 N–H and O–H groups in total. The Labute approximate surface area is 118 Å². The van der Waals surface area contributed by atoms with Gasteiger partial charge in [-0.2, -0.15) is 0 Å². The van der Waals surface area contributed by atoms with Crippen molar-refractivity contribution in [2.24, 2.45) is 0 Å². The fourth-order valence-electron chi connectivity index (χ4n) is 3.09. The molecule has 3 rings (SSSR count). The molecule has 4 heteroatoms. The maximum Gasteiger partial charge on any atom is 0.125 e. The summed E-state index contributed by atoms with van der Waals surface area (Å²) in [6, 6.07) is 6.59. The highest BCUT2D eigenvalue weighted by molar-refractivity contribution is 6.16. The molecule has 1 fully saturated rings. The molecular formula is C15H19ClN2O. The molecule has 102 valence electrons. The van der Waals surface area contributed by atoms with Crippen LogP contribution in [0, 0.1) is 0 Å². The lowest BCUT2D eigenvalue weighted by Gasteiger charge is -2.25. The van der Waals surface area contributed by atoms with Crippen molar-refractivity contribution in [1.29, 1.82) is 0 Å². The zero-order chi connectivity index (χ0) is 13.2. The smallest absolute Gasteiger partial charge is 0.125 e. The van der Waals surface area contributed by atoms with E-state index in [-0.39, 0.29) is 0 Å². The molecule has 0 amide bonds. The lowest BCUT2D eigenvalue weighted by molar-refractivity contribution is 0.354. The predicted molar refractivity (Wildman–Crippen MR) is 78.0 cm³/mol. The van der Waals surface area contributed by atoms with Gasteiger partial charge >= 0.3 is 0 Å². The normalized spacial score (nSPS) is 16.9. The van der Waals surface area contributed by atoms with E-state index < -0.39 is 0 Å². The van der Waals surface area contributed by atoms with E-state index in [1.165, 1.54) is 32.1 Å². The molecule has 1 heterocycles. The summed E-state index contributed by atoms with van der Waals surface area (Å²) in [5.41, 5.74) is 2.17. The molecule has 0 spiro atoms. The number of hydrogen-bond donors (Lipinski definition) is 0. The van der Waals surface area contributed by atoms with E-state index in [1.54, 1.807) is 7.11 Å². The minimum absolute atomic E-state index is 0.466. The summed E-state index contributed by atoms with van der Waals surface area (Å²) >= 11 is 6.08. The number of rotatable bonds is 3. The van der Waals surface area contributed by atoms with Gasteiger partial charge in [0.05, 0.1) is 24.0 Å². The Hall–Kier alpha value is -1.22. The highest BCUT2D eigenvalue weighted by atomic mass is 35.5. The standard InChI is InChI=1S/C15H19ClN2O/c1-19-12-7-8-13-14(9-12)18(15(10-16)17-13)11-5-3-2-4-6-11/h7-9,11H,2-6,10H2,1H3. The molecule has 1 aromatic carbocycles. The Morgan fingerprint density at radius 2 is 2.11 bits per heavy atom. The number of fused-ring (bicyclic) bond motifs is 1. The van der Waals surface area contributed by atoms with E-state index in [0.717, 1.165) is 22.6 Å². The molecule has 1 aliphatic rings. The second kappa shape index (κ2) is 5.41. The van der Waals surface area contributed by atoms with Gasteiger partial charge in [0.25, 0.3) is 0 Å². The third-order valence-electron chi connectivity index (χ3n) is 4.03. The van der Waals surface area contributed by atoms with Crippen LogP contribution < -0.4 is 4.74 Å². The van der Waals surface area contributed by atoms with Gasteiger partial charge < -0.3 is 9.30 Å². The summed E-state index contributed by atoms with van der Waals surface area (Å²) in [5, 5.41) is 0. The van der Waals surface area contributed by atoms with E-state index in [2.05, 4.69) is 15.6 Å². The molecule has 1 aromatic heterocycles. The van der Waals surface area contributed by atoms with Gasteiger partial charge in [0, 0.05) is 12.1 Å². The first kappa shape index (κ1) is 12.8. The summed E-state index contributed by atoms with van der Waals surface area (Å²) in [5.74, 6) is 2.33. The van der Waals surface area contributed by atoms with E-state index >= 15 is 0 Å². The predicted octanol–water partition coefficient (Wildman–Crippen LogP) is 4.29. The second-order valence-electron chi connectivity index (χ2n) is 5.18. The summed E-state index contributed by atoms with van der Waals surface area (Å²) < 4.78 is 7.67. The van der Waals surface area contributed by atoms with Crippen molar-refractivity contribution in [3.63, 3.8) is 0 Å². The van der Waals surface area contributed by atoms with Crippen molar-refractivity contribution in [3.8, 4) is 5.75 Å². The summed E-state index contributed by atoms with van der Waals surface area (Å²) in [4.78, 5) is 4.66. The van der Waals surface area contributed by atoms with Crippen LogP contribution in [0.25, 0.3) is 11.0 Å². The number of halogens is 1. The molecule has 0 atom stereocenters. The fraction of sp³-hybridized carbons (Fsp3) is 0.533. The summed E-state index contributed by atoms with van der Waals surface area (Å²) in [7, 11) is 1.70. The number of imidazole rings is 1. The van der Waals surface area contributed by atoms with Crippen LogP contribution in [-0.2, 0) is 5.88 Å². The lowest BCUT2D eigenvalue weighted by Crippen LogP contribution is -2.14. The largest absolute Gasteiger partial charge is 0.497 e. The minimum atomic E-state index is 0.466. The van der Waals surface area contributed by atoms with Crippen LogP contribution in [0.3, 0.4) is 0 Å². The maximum absolute atomic E-state index is 6.08. The number of hydrogen-bond acceptors (Lipinski definition) is 2.